The molecule has 0 saturated heterocycles. The molecule has 108 valence electrons. The SMILES string of the molecule is CNC(=O)[C@H](CCNC(=O)c1ccc(C)cc1)C(=O)O. The van der Waals surface area contributed by atoms with Crippen LogP contribution in [0.15, 0.2) is 24.3 Å². The van der Waals surface area contributed by atoms with Crippen LogP contribution in [-0.2, 0) is 9.59 Å². The zero-order valence-corrected chi connectivity index (χ0v) is 11.5. The largest absolute Gasteiger partial charge is 0.481 e. The standard InChI is InChI=1S/C14H18N2O4/c1-9-3-5-10(6-4-9)12(17)16-8-7-11(14(19)20)13(18)15-2/h3-6,11H,7-8H2,1-2H3,(H,15,18)(H,16,17)(H,19,20)/t11-/m0/s1. The van der Waals surface area contributed by atoms with Gasteiger partial charge in [0.25, 0.3) is 5.91 Å². The van der Waals surface area contributed by atoms with Gasteiger partial charge in [-0.25, -0.2) is 0 Å². The Balaban J connectivity index is 2.50. The summed E-state index contributed by atoms with van der Waals surface area (Å²) in [5.74, 6) is -3.21. The molecule has 1 aromatic rings. The fourth-order valence-corrected chi connectivity index (χ4v) is 1.68. The number of nitrogens with one attached hydrogen (secondary N) is 2. The highest BCUT2D eigenvalue weighted by Crippen LogP contribution is 2.05. The number of carboxylic acid groups (broad SMARTS) is 1. The molecule has 0 aromatic heterocycles. The van der Waals surface area contributed by atoms with Crippen LogP contribution in [-0.4, -0.2) is 36.5 Å². The number of rotatable bonds is 6. The summed E-state index contributed by atoms with van der Waals surface area (Å²) in [6.07, 6.45) is 0.0482. The quantitative estimate of drug-likeness (QED) is 0.663. The van der Waals surface area contributed by atoms with Crippen LogP contribution in [0, 0.1) is 12.8 Å². The van der Waals surface area contributed by atoms with E-state index < -0.39 is 17.8 Å². The minimum absolute atomic E-state index is 0.0482. The Morgan fingerprint density at radius 3 is 2.30 bits per heavy atom. The normalized spacial score (nSPS) is 11.5. The number of benzene rings is 1. The van der Waals surface area contributed by atoms with Gasteiger partial charge in [0.1, 0.15) is 5.92 Å². The molecular weight excluding hydrogens is 260 g/mol. The maximum absolute atomic E-state index is 11.8. The summed E-state index contributed by atoms with van der Waals surface area (Å²) < 4.78 is 0. The first kappa shape index (κ1) is 15.7. The van der Waals surface area contributed by atoms with Crippen LogP contribution >= 0.6 is 0 Å². The number of aliphatic carboxylic acids is 1. The third-order valence-corrected chi connectivity index (χ3v) is 2.89. The number of carbonyl (C=O) groups is 3. The summed E-state index contributed by atoms with van der Waals surface area (Å²) in [5, 5.41) is 13.8. The highest BCUT2D eigenvalue weighted by atomic mass is 16.4. The van der Waals surface area contributed by atoms with Gasteiger partial charge in [-0.05, 0) is 25.5 Å². The molecule has 0 fully saturated rings. The lowest BCUT2D eigenvalue weighted by Gasteiger charge is -2.11. The lowest BCUT2D eigenvalue weighted by Crippen LogP contribution is -2.36. The van der Waals surface area contributed by atoms with Crippen molar-refractivity contribution in [3.63, 3.8) is 0 Å². The Labute approximate surface area is 117 Å². The first-order valence-corrected chi connectivity index (χ1v) is 6.25. The minimum atomic E-state index is -1.20. The van der Waals surface area contributed by atoms with Gasteiger partial charge in [-0.15, -0.1) is 0 Å². The molecule has 0 unspecified atom stereocenters. The molecule has 1 aromatic carbocycles. The number of carboxylic acids is 1. The summed E-state index contributed by atoms with van der Waals surface area (Å²) >= 11 is 0. The molecule has 0 bridgehead atoms. The molecule has 20 heavy (non-hydrogen) atoms. The van der Waals surface area contributed by atoms with E-state index in [2.05, 4.69) is 10.6 Å². The van der Waals surface area contributed by atoms with Gasteiger partial charge in [0, 0.05) is 19.2 Å². The molecule has 6 nitrogen and oxygen atoms in total. The molecular formula is C14H18N2O4. The fourth-order valence-electron chi connectivity index (χ4n) is 1.68. The van der Waals surface area contributed by atoms with Crippen molar-refractivity contribution in [2.24, 2.45) is 5.92 Å². The second kappa shape index (κ2) is 7.28. The van der Waals surface area contributed by atoms with Gasteiger partial charge in [-0.3, -0.25) is 14.4 Å². The third-order valence-electron chi connectivity index (χ3n) is 2.89. The smallest absolute Gasteiger partial charge is 0.316 e. The van der Waals surface area contributed by atoms with Crippen molar-refractivity contribution in [3.8, 4) is 0 Å². The highest BCUT2D eigenvalue weighted by Gasteiger charge is 2.24. The van der Waals surface area contributed by atoms with Crippen molar-refractivity contribution in [3.05, 3.63) is 35.4 Å². The summed E-state index contributed by atoms with van der Waals surface area (Å²) in [7, 11) is 1.38. The van der Waals surface area contributed by atoms with E-state index in [0.717, 1.165) is 5.56 Å². The Morgan fingerprint density at radius 2 is 1.80 bits per heavy atom. The molecule has 3 N–H and O–H groups in total. The molecule has 0 spiro atoms. The zero-order valence-electron chi connectivity index (χ0n) is 11.5. The van der Waals surface area contributed by atoms with Crippen molar-refractivity contribution in [1.82, 2.24) is 10.6 Å². The van der Waals surface area contributed by atoms with E-state index >= 15 is 0 Å². The first-order valence-electron chi connectivity index (χ1n) is 6.25. The molecule has 0 radical (unpaired) electrons. The molecule has 0 aliphatic rings. The van der Waals surface area contributed by atoms with Gasteiger partial charge in [0.15, 0.2) is 0 Å². The molecule has 1 rings (SSSR count). The van der Waals surface area contributed by atoms with Gasteiger partial charge in [-0.2, -0.15) is 0 Å². The highest BCUT2D eigenvalue weighted by molar-refractivity contribution is 5.97. The van der Waals surface area contributed by atoms with E-state index in [9.17, 15) is 14.4 Å². The van der Waals surface area contributed by atoms with Gasteiger partial charge in [-0.1, -0.05) is 17.7 Å². The second-order valence-corrected chi connectivity index (χ2v) is 4.42. The van der Waals surface area contributed by atoms with Crippen LogP contribution in [0.2, 0.25) is 0 Å². The summed E-state index contributed by atoms with van der Waals surface area (Å²) in [6, 6.07) is 7.02. The monoisotopic (exact) mass is 278 g/mol. The number of carbonyl (C=O) groups excluding carboxylic acids is 2. The Hall–Kier alpha value is -2.37. The van der Waals surface area contributed by atoms with E-state index in [1.807, 2.05) is 19.1 Å². The maximum atomic E-state index is 11.8. The van der Waals surface area contributed by atoms with Crippen molar-refractivity contribution in [2.45, 2.75) is 13.3 Å². The van der Waals surface area contributed by atoms with E-state index in [0.29, 0.717) is 5.56 Å². The lowest BCUT2D eigenvalue weighted by molar-refractivity contribution is -0.147. The molecule has 0 heterocycles. The van der Waals surface area contributed by atoms with E-state index in [4.69, 9.17) is 5.11 Å². The van der Waals surface area contributed by atoms with E-state index in [1.54, 1.807) is 12.1 Å². The first-order chi connectivity index (χ1) is 9.45. The van der Waals surface area contributed by atoms with Crippen LogP contribution in [0.25, 0.3) is 0 Å². The van der Waals surface area contributed by atoms with Gasteiger partial charge in [0.2, 0.25) is 5.91 Å². The van der Waals surface area contributed by atoms with Gasteiger partial charge >= 0.3 is 5.97 Å². The summed E-state index contributed by atoms with van der Waals surface area (Å²) in [6.45, 7) is 2.04. The number of hydrogen-bond donors (Lipinski definition) is 3. The predicted molar refractivity (Wildman–Crippen MR) is 73.3 cm³/mol. The predicted octanol–water partition coefficient (Wildman–Crippen LogP) is 0.562. The van der Waals surface area contributed by atoms with Crippen LogP contribution in [0.5, 0.6) is 0 Å². The van der Waals surface area contributed by atoms with Gasteiger partial charge in [0.05, 0.1) is 0 Å². The number of amides is 2. The number of hydrogen-bond acceptors (Lipinski definition) is 3. The van der Waals surface area contributed by atoms with E-state index in [1.165, 1.54) is 7.05 Å². The van der Waals surface area contributed by atoms with E-state index in [-0.39, 0.29) is 18.9 Å². The van der Waals surface area contributed by atoms with Gasteiger partial charge < -0.3 is 15.7 Å². The maximum Gasteiger partial charge on any atom is 0.316 e. The van der Waals surface area contributed by atoms with Crippen molar-refractivity contribution in [2.75, 3.05) is 13.6 Å². The molecule has 6 heteroatoms. The Morgan fingerprint density at radius 1 is 1.20 bits per heavy atom. The van der Waals surface area contributed by atoms with Crippen LogP contribution in [0.4, 0.5) is 0 Å². The zero-order chi connectivity index (χ0) is 15.1. The van der Waals surface area contributed by atoms with Crippen molar-refractivity contribution >= 4 is 17.8 Å². The third kappa shape index (κ3) is 4.38. The van der Waals surface area contributed by atoms with Crippen LogP contribution in [0.1, 0.15) is 22.3 Å². The second-order valence-electron chi connectivity index (χ2n) is 4.42. The van der Waals surface area contributed by atoms with Crippen LogP contribution < -0.4 is 10.6 Å². The molecule has 0 aliphatic heterocycles. The Kier molecular flexibility index (Phi) is 5.71. The van der Waals surface area contributed by atoms with Crippen molar-refractivity contribution < 1.29 is 19.5 Å². The van der Waals surface area contributed by atoms with Crippen molar-refractivity contribution in [1.29, 1.82) is 0 Å². The number of aryl methyl sites for hydroxylation is 1. The Bertz CT molecular complexity index is 496. The fraction of sp³-hybridized carbons (Fsp3) is 0.357. The summed E-state index contributed by atoms with van der Waals surface area (Å²) in [5.41, 5.74) is 1.55. The molecule has 1 atom stereocenters. The minimum Gasteiger partial charge on any atom is -0.481 e. The topological polar surface area (TPSA) is 95.5 Å². The summed E-state index contributed by atoms with van der Waals surface area (Å²) in [4.78, 5) is 34.0. The average molecular weight is 278 g/mol. The van der Waals surface area contributed by atoms with Crippen LogP contribution in [0.3, 0.4) is 0 Å². The molecule has 0 aliphatic carbocycles. The molecule has 0 saturated carbocycles. The average Bonchev–Trinajstić information content (AvgIpc) is 2.43. The lowest BCUT2D eigenvalue weighted by atomic mass is 10.0. The molecule has 2 amide bonds.